The molecule has 2 aromatic rings. The van der Waals surface area contributed by atoms with Crippen LogP contribution in [0.25, 0.3) is 0 Å². The number of hydrogen-bond acceptors (Lipinski definition) is 4. The van der Waals surface area contributed by atoms with Gasteiger partial charge in [0, 0.05) is 5.69 Å². The first-order valence-corrected chi connectivity index (χ1v) is 11.2. The van der Waals surface area contributed by atoms with Crippen LogP contribution < -0.4 is 10.2 Å². The van der Waals surface area contributed by atoms with Crippen molar-refractivity contribution in [3.63, 3.8) is 0 Å². The third-order valence-electron chi connectivity index (χ3n) is 5.21. The Bertz CT molecular complexity index is 994. The Hall–Kier alpha value is -2.73. The van der Waals surface area contributed by atoms with E-state index in [4.69, 9.17) is 5.26 Å². The second kappa shape index (κ2) is 9.18. The molecule has 1 fully saturated rings. The van der Waals surface area contributed by atoms with E-state index < -0.39 is 10.0 Å². The molecule has 1 aliphatic heterocycles. The van der Waals surface area contributed by atoms with Gasteiger partial charge in [0.25, 0.3) is 5.91 Å². The molecular weight excluding hydrogens is 388 g/mol. The van der Waals surface area contributed by atoms with Gasteiger partial charge < -0.3 is 10.2 Å². The van der Waals surface area contributed by atoms with E-state index in [1.165, 1.54) is 4.31 Å². The Morgan fingerprint density at radius 3 is 2.52 bits per heavy atom. The number of quaternary nitrogens is 1. The largest absolute Gasteiger partial charge is 0.323 e. The van der Waals surface area contributed by atoms with E-state index in [1.54, 1.807) is 24.3 Å². The molecule has 29 heavy (non-hydrogen) atoms. The Balaban J connectivity index is 1.55. The summed E-state index contributed by atoms with van der Waals surface area (Å²) < 4.78 is 26.9. The Morgan fingerprint density at radius 2 is 1.86 bits per heavy atom. The van der Waals surface area contributed by atoms with Crippen molar-refractivity contribution in [3.05, 3.63) is 65.7 Å². The van der Waals surface area contributed by atoms with Gasteiger partial charge in [-0.2, -0.15) is 9.57 Å². The molecule has 1 atom stereocenters. The van der Waals surface area contributed by atoms with Gasteiger partial charge in [-0.3, -0.25) is 4.79 Å². The van der Waals surface area contributed by atoms with Crippen LogP contribution in [0.2, 0.25) is 0 Å². The summed E-state index contributed by atoms with van der Waals surface area (Å²) in [6.07, 6.45) is 0. The zero-order chi connectivity index (χ0) is 20.9. The van der Waals surface area contributed by atoms with Gasteiger partial charge in [0.05, 0.1) is 43.6 Å². The minimum atomic E-state index is -3.37. The summed E-state index contributed by atoms with van der Waals surface area (Å²) in [7, 11) is -3.37. The van der Waals surface area contributed by atoms with Crippen molar-refractivity contribution >= 4 is 21.6 Å². The summed E-state index contributed by atoms with van der Waals surface area (Å²) in [4.78, 5) is 13.6. The summed E-state index contributed by atoms with van der Waals surface area (Å²) in [5.41, 5.74) is 1.85. The lowest BCUT2D eigenvalue weighted by Crippen LogP contribution is -3.19. The highest BCUT2D eigenvalue weighted by atomic mass is 32.2. The number of amides is 1. The molecular formula is C21H25N4O3S+. The van der Waals surface area contributed by atoms with Crippen molar-refractivity contribution in [2.45, 2.75) is 18.7 Å². The fourth-order valence-electron chi connectivity index (χ4n) is 3.46. The molecule has 1 saturated heterocycles. The van der Waals surface area contributed by atoms with Crippen LogP contribution in [-0.2, 0) is 20.6 Å². The predicted octanol–water partition coefficient (Wildman–Crippen LogP) is 0.616. The highest BCUT2D eigenvalue weighted by Gasteiger charge is 2.33. The van der Waals surface area contributed by atoms with Crippen molar-refractivity contribution in [1.82, 2.24) is 4.31 Å². The summed E-state index contributed by atoms with van der Waals surface area (Å²) >= 11 is 0. The number of nitriles is 1. The topological polar surface area (TPSA) is 94.7 Å². The second-order valence-corrected chi connectivity index (χ2v) is 9.17. The molecule has 0 radical (unpaired) electrons. The van der Waals surface area contributed by atoms with E-state index in [-0.39, 0.29) is 17.7 Å². The lowest BCUT2D eigenvalue weighted by molar-refractivity contribution is -0.917. The highest BCUT2D eigenvalue weighted by molar-refractivity contribution is 7.88. The molecule has 0 unspecified atom stereocenters. The monoisotopic (exact) mass is 413 g/mol. The number of nitrogens with one attached hydrogen (secondary N) is 2. The highest BCUT2D eigenvalue weighted by Crippen LogP contribution is 2.12. The third kappa shape index (κ3) is 5.41. The van der Waals surface area contributed by atoms with Gasteiger partial charge in [-0.1, -0.05) is 36.4 Å². The summed E-state index contributed by atoms with van der Waals surface area (Å²) in [6, 6.07) is 17.7. The molecule has 0 aromatic heterocycles. The van der Waals surface area contributed by atoms with Gasteiger partial charge in [0.15, 0.2) is 6.04 Å². The number of rotatable bonds is 6. The zero-order valence-electron chi connectivity index (χ0n) is 16.3. The number of nitrogens with zero attached hydrogens (tertiary/aromatic N) is 2. The minimum absolute atomic E-state index is 0.00551. The molecule has 1 amide bonds. The summed E-state index contributed by atoms with van der Waals surface area (Å²) in [5, 5.41) is 11.8. The van der Waals surface area contributed by atoms with Gasteiger partial charge in [-0.15, -0.1) is 0 Å². The van der Waals surface area contributed by atoms with E-state index in [2.05, 4.69) is 11.4 Å². The smallest absolute Gasteiger partial charge is 0.282 e. The van der Waals surface area contributed by atoms with Gasteiger partial charge in [-0.05, 0) is 30.7 Å². The van der Waals surface area contributed by atoms with E-state index in [1.807, 2.05) is 37.3 Å². The van der Waals surface area contributed by atoms with Crippen molar-refractivity contribution in [3.8, 4) is 6.07 Å². The normalized spacial score (nSPS) is 16.7. The average Bonchev–Trinajstić information content (AvgIpc) is 2.74. The first kappa shape index (κ1) is 21.0. The van der Waals surface area contributed by atoms with Gasteiger partial charge in [0.2, 0.25) is 10.0 Å². The molecule has 0 aliphatic carbocycles. The Kier molecular flexibility index (Phi) is 6.64. The fraction of sp³-hybridized carbons (Fsp3) is 0.333. The number of hydrogen-bond donors (Lipinski definition) is 2. The van der Waals surface area contributed by atoms with E-state index in [0.29, 0.717) is 37.4 Å². The minimum Gasteiger partial charge on any atom is -0.323 e. The quantitative estimate of drug-likeness (QED) is 0.726. The molecule has 0 spiro atoms. The molecule has 1 aliphatic rings. The van der Waals surface area contributed by atoms with Crippen LogP contribution in [-0.4, -0.2) is 50.9 Å². The first-order valence-electron chi connectivity index (χ1n) is 9.56. The average molecular weight is 414 g/mol. The van der Waals surface area contributed by atoms with Gasteiger partial charge >= 0.3 is 0 Å². The number of carbonyl (C=O) groups is 1. The Morgan fingerprint density at radius 1 is 1.17 bits per heavy atom. The standard InChI is InChI=1S/C21H24N4O3S/c1-17(21(26)23-20-9-5-8-19(14-20)15-22)24-10-12-25(13-11-24)29(27,28)16-18-6-3-2-4-7-18/h2-9,14,17H,10-13,16H2,1H3,(H,23,26)/p+1/t17-/m0/s1. The molecule has 7 nitrogen and oxygen atoms in total. The molecule has 3 rings (SSSR count). The fourth-order valence-corrected chi connectivity index (χ4v) is 5.00. The molecule has 152 valence electrons. The lowest BCUT2D eigenvalue weighted by Gasteiger charge is -2.34. The lowest BCUT2D eigenvalue weighted by atomic mass is 10.2. The molecule has 0 saturated carbocycles. The van der Waals surface area contributed by atoms with Crippen LogP contribution >= 0.6 is 0 Å². The maximum atomic E-state index is 12.7. The summed E-state index contributed by atoms with van der Waals surface area (Å²) in [5.74, 6) is -0.148. The predicted molar refractivity (Wildman–Crippen MR) is 111 cm³/mol. The molecule has 1 heterocycles. The van der Waals surface area contributed by atoms with Crippen LogP contribution in [0.1, 0.15) is 18.1 Å². The number of benzene rings is 2. The number of anilines is 1. The number of carbonyl (C=O) groups excluding carboxylic acids is 1. The summed E-state index contributed by atoms with van der Waals surface area (Å²) in [6.45, 7) is 3.77. The third-order valence-corrected chi connectivity index (χ3v) is 7.06. The van der Waals surface area contributed by atoms with Crippen molar-refractivity contribution in [2.75, 3.05) is 31.5 Å². The maximum absolute atomic E-state index is 12.7. The van der Waals surface area contributed by atoms with E-state index in [9.17, 15) is 13.2 Å². The zero-order valence-corrected chi connectivity index (χ0v) is 17.2. The van der Waals surface area contributed by atoms with Gasteiger partial charge in [0.1, 0.15) is 0 Å². The SMILES string of the molecule is C[C@@H](C(=O)Nc1cccc(C#N)c1)[NH+]1CCN(S(=O)(=O)Cc2ccccc2)CC1. The van der Waals surface area contributed by atoms with Crippen LogP contribution in [0.4, 0.5) is 5.69 Å². The van der Waals surface area contributed by atoms with Crippen molar-refractivity contribution < 1.29 is 18.1 Å². The van der Waals surface area contributed by atoms with Crippen LogP contribution in [0, 0.1) is 11.3 Å². The second-order valence-electron chi connectivity index (χ2n) is 7.20. The maximum Gasteiger partial charge on any atom is 0.282 e. The van der Waals surface area contributed by atoms with E-state index >= 15 is 0 Å². The molecule has 8 heteroatoms. The molecule has 2 aromatic carbocycles. The van der Waals surface area contributed by atoms with Crippen LogP contribution in [0.3, 0.4) is 0 Å². The first-order chi connectivity index (χ1) is 13.9. The number of sulfonamides is 1. The van der Waals surface area contributed by atoms with Crippen LogP contribution in [0.15, 0.2) is 54.6 Å². The Labute approximate surface area is 171 Å². The van der Waals surface area contributed by atoms with Crippen molar-refractivity contribution in [1.29, 1.82) is 5.26 Å². The van der Waals surface area contributed by atoms with E-state index in [0.717, 1.165) is 10.5 Å². The van der Waals surface area contributed by atoms with Crippen LogP contribution in [0.5, 0.6) is 0 Å². The molecule has 2 N–H and O–H groups in total. The van der Waals surface area contributed by atoms with Crippen molar-refractivity contribution in [2.24, 2.45) is 0 Å². The number of piperazine rings is 1. The van der Waals surface area contributed by atoms with Gasteiger partial charge in [-0.25, -0.2) is 8.42 Å². The molecule has 0 bridgehead atoms.